The molecule has 144 valence electrons. The van der Waals surface area contributed by atoms with Gasteiger partial charge in [-0.3, -0.25) is 10.1 Å². The number of carbonyl (C=O) groups is 1. The first kappa shape index (κ1) is 18.6. The van der Waals surface area contributed by atoms with Crippen molar-refractivity contribution in [1.82, 2.24) is 30.6 Å². The van der Waals surface area contributed by atoms with E-state index in [0.29, 0.717) is 23.3 Å². The highest BCUT2D eigenvalue weighted by atomic mass is 32.2. The molecule has 8 nitrogen and oxygen atoms in total. The van der Waals surface area contributed by atoms with E-state index in [1.54, 1.807) is 18.5 Å². The van der Waals surface area contributed by atoms with E-state index in [0.717, 1.165) is 22.2 Å². The van der Waals surface area contributed by atoms with E-state index >= 15 is 0 Å². The Morgan fingerprint density at radius 1 is 1.18 bits per heavy atom. The molecule has 3 aromatic rings. The molecule has 2 atom stereocenters. The molecule has 3 N–H and O–H groups in total. The van der Waals surface area contributed by atoms with Crippen molar-refractivity contribution in [3.8, 4) is 0 Å². The van der Waals surface area contributed by atoms with Crippen molar-refractivity contribution in [2.24, 2.45) is 0 Å². The highest BCUT2D eigenvalue weighted by molar-refractivity contribution is 7.99. The van der Waals surface area contributed by atoms with Crippen LogP contribution >= 0.6 is 11.8 Å². The summed E-state index contributed by atoms with van der Waals surface area (Å²) in [4.78, 5) is 29.7. The van der Waals surface area contributed by atoms with Gasteiger partial charge in [0, 0.05) is 36.0 Å². The zero-order valence-corrected chi connectivity index (χ0v) is 16.5. The molecule has 2 unspecified atom stereocenters. The predicted molar refractivity (Wildman–Crippen MR) is 109 cm³/mol. The number of aromatic nitrogens is 4. The van der Waals surface area contributed by atoms with Crippen molar-refractivity contribution >= 4 is 34.5 Å². The van der Waals surface area contributed by atoms with E-state index < -0.39 is 6.29 Å². The Labute approximate surface area is 167 Å². The smallest absolute Gasteiger partial charge is 0.226 e. The third-order valence-corrected chi connectivity index (χ3v) is 5.53. The summed E-state index contributed by atoms with van der Waals surface area (Å²) >= 11 is 1.52. The lowest BCUT2D eigenvalue weighted by Crippen LogP contribution is -2.60. The average molecular weight is 395 g/mol. The van der Waals surface area contributed by atoms with Gasteiger partial charge in [-0.25, -0.2) is 19.9 Å². The molecule has 0 radical (unpaired) electrons. The fourth-order valence-electron chi connectivity index (χ4n) is 3.14. The summed E-state index contributed by atoms with van der Waals surface area (Å²) in [6.45, 7) is 3.99. The van der Waals surface area contributed by atoms with Gasteiger partial charge in [0.05, 0.1) is 11.2 Å². The molecule has 9 heteroatoms. The Kier molecular flexibility index (Phi) is 5.36. The summed E-state index contributed by atoms with van der Waals surface area (Å²) in [5.41, 5.74) is 2.89. The van der Waals surface area contributed by atoms with Crippen LogP contribution in [0.1, 0.15) is 17.7 Å². The van der Waals surface area contributed by atoms with Crippen LogP contribution in [-0.2, 0) is 4.79 Å². The maximum atomic E-state index is 12.1. The summed E-state index contributed by atoms with van der Waals surface area (Å²) in [7, 11) is 0. The first-order valence-corrected chi connectivity index (χ1v) is 10.0. The summed E-state index contributed by atoms with van der Waals surface area (Å²) < 4.78 is 0. The molecule has 0 bridgehead atoms. The van der Waals surface area contributed by atoms with Crippen molar-refractivity contribution in [3.05, 3.63) is 47.9 Å². The number of benzene rings is 1. The molecule has 1 fully saturated rings. The standard InChI is InChI=1S/C19H21N7OS/c1-11-5-3-6-14-12(2)22-17(25-16(11)14)26-18-23-13(9-15(27)24-18)10-28-19-20-7-4-8-21-19/h3-8,13,18,23H,9-10H2,1-2H3,(H,24,27)(H,22,25,26). The van der Waals surface area contributed by atoms with Crippen molar-refractivity contribution in [3.63, 3.8) is 0 Å². The summed E-state index contributed by atoms with van der Waals surface area (Å²) in [6.07, 6.45) is 3.38. The zero-order valence-electron chi connectivity index (χ0n) is 15.6. The quantitative estimate of drug-likeness (QED) is 0.445. The lowest BCUT2D eigenvalue weighted by molar-refractivity contribution is -0.123. The summed E-state index contributed by atoms with van der Waals surface area (Å²) in [5, 5.41) is 11.2. The van der Waals surface area contributed by atoms with Gasteiger partial charge in [0.25, 0.3) is 0 Å². The maximum Gasteiger partial charge on any atom is 0.226 e. The monoisotopic (exact) mass is 395 g/mol. The van der Waals surface area contributed by atoms with Crippen LogP contribution in [0.4, 0.5) is 5.95 Å². The van der Waals surface area contributed by atoms with Gasteiger partial charge >= 0.3 is 0 Å². The van der Waals surface area contributed by atoms with Gasteiger partial charge in [-0.05, 0) is 25.5 Å². The number of aryl methyl sites for hydroxylation is 2. The van der Waals surface area contributed by atoms with Crippen LogP contribution in [0.2, 0.25) is 0 Å². The second-order valence-corrected chi connectivity index (χ2v) is 7.65. The number of amides is 1. The van der Waals surface area contributed by atoms with Crippen LogP contribution in [0.5, 0.6) is 0 Å². The zero-order chi connectivity index (χ0) is 19.5. The predicted octanol–water partition coefficient (Wildman–Crippen LogP) is 2.00. The number of fused-ring (bicyclic) bond motifs is 1. The number of nitrogens with one attached hydrogen (secondary N) is 3. The minimum Gasteiger partial charge on any atom is -0.323 e. The number of carbonyl (C=O) groups excluding carboxylic acids is 1. The molecule has 28 heavy (non-hydrogen) atoms. The van der Waals surface area contributed by atoms with E-state index in [9.17, 15) is 4.79 Å². The SMILES string of the molecule is Cc1nc(NC2NC(=O)CC(CSc3ncccn3)N2)nc2c(C)cccc12. The van der Waals surface area contributed by atoms with Gasteiger partial charge in [0.1, 0.15) is 0 Å². The molecule has 2 aromatic heterocycles. The number of hydrogen-bond donors (Lipinski definition) is 3. The molecule has 1 saturated heterocycles. The van der Waals surface area contributed by atoms with Gasteiger partial charge < -0.3 is 10.6 Å². The Morgan fingerprint density at radius 2 is 2.00 bits per heavy atom. The lowest BCUT2D eigenvalue weighted by atomic mass is 10.1. The molecule has 1 aliphatic rings. The Bertz CT molecular complexity index is 998. The maximum absolute atomic E-state index is 12.1. The second-order valence-electron chi connectivity index (χ2n) is 6.66. The average Bonchev–Trinajstić information content (AvgIpc) is 2.68. The van der Waals surface area contributed by atoms with Crippen LogP contribution in [-0.4, -0.2) is 43.9 Å². The second kappa shape index (κ2) is 8.07. The first-order chi connectivity index (χ1) is 13.6. The molecule has 1 aromatic carbocycles. The highest BCUT2D eigenvalue weighted by Gasteiger charge is 2.26. The van der Waals surface area contributed by atoms with Crippen molar-refractivity contribution in [2.75, 3.05) is 11.1 Å². The van der Waals surface area contributed by atoms with Crippen molar-refractivity contribution in [2.45, 2.75) is 37.8 Å². The van der Waals surface area contributed by atoms with Gasteiger partial charge in [-0.15, -0.1) is 0 Å². The first-order valence-electron chi connectivity index (χ1n) is 9.04. The number of hydrogen-bond acceptors (Lipinski definition) is 8. The van der Waals surface area contributed by atoms with Crippen LogP contribution in [0.25, 0.3) is 10.9 Å². The van der Waals surface area contributed by atoms with Crippen molar-refractivity contribution in [1.29, 1.82) is 0 Å². The van der Waals surface area contributed by atoms with E-state index in [1.165, 1.54) is 11.8 Å². The van der Waals surface area contributed by atoms with E-state index in [2.05, 4.69) is 35.9 Å². The molecule has 0 aliphatic carbocycles. The highest BCUT2D eigenvalue weighted by Crippen LogP contribution is 2.21. The van der Waals surface area contributed by atoms with E-state index in [-0.39, 0.29) is 11.9 Å². The molecule has 4 rings (SSSR count). The Balaban J connectivity index is 1.46. The van der Waals surface area contributed by atoms with Crippen molar-refractivity contribution < 1.29 is 4.79 Å². The summed E-state index contributed by atoms with van der Waals surface area (Å²) in [5.74, 6) is 1.15. The van der Waals surface area contributed by atoms with Gasteiger partial charge in [0.15, 0.2) is 11.4 Å². The summed E-state index contributed by atoms with van der Waals surface area (Å²) in [6, 6.07) is 7.81. The van der Waals surface area contributed by atoms with Gasteiger partial charge in [-0.1, -0.05) is 30.0 Å². The minimum atomic E-state index is -0.440. The normalized spacial score (nSPS) is 19.4. The Hall–Kier alpha value is -2.78. The van der Waals surface area contributed by atoms with Crippen LogP contribution < -0.4 is 16.0 Å². The fraction of sp³-hybridized carbons (Fsp3) is 0.316. The van der Waals surface area contributed by atoms with Gasteiger partial charge in [0.2, 0.25) is 11.9 Å². The van der Waals surface area contributed by atoms with Gasteiger partial charge in [-0.2, -0.15) is 0 Å². The van der Waals surface area contributed by atoms with Crippen LogP contribution in [0.3, 0.4) is 0 Å². The van der Waals surface area contributed by atoms with Crippen LogP contribution in [0.15, 0.2) is 41.8 Å². The largest absolute Gasteiger partial charge is 0.323 e. The Morgan fingerprint density at radius 3 is 2.82 bits per heavy atom. The number of anilines is 1. The molecule has 3 heterocycles. The molecule has 1 amide bonds. The molecule has 0 spiro atoms. The van der Waals surface area contributed by atoms with E-state index in [1.807, 2.05) is 32.0 Å². The third kappa shape index (κ3) is 4.20. The molecular formula is C19H21N7OS. The number of rotatable bonds is 5. The third-order valence-electron chi connectivity index (χ3n) is 4.49. The molecular weight excluding hydrogens is 374 g/mol. The fourth-order valence-corrected chi connectivity index (χ4v) is 3.98. The number of thioether (sulfide) groups is 1. The topological polar surface area (TPSA) is 105 Å². The van der Waals surface area contributed by atoms with E-state index in [4.69, 9.17) is 0 Å². The number of nitrogens with zero attached hydrogens (tertiary/aromatic N) is 4. The minimum absolute atomic E-state index is 0.0108. The number of para-hydroxylation sites is 1. The molecule has 1 aliphatic heterocycles. The molecule has 0 saturated carbocycles. The lowest BCUT2D eigenvalue weighted by Gasteiger charge is -2.31. The van der Waals surface area contributed by atoms with Crippen LogP contribution in [0, 0.1) is 13.8 Å².